The van der Waals surface area contributed by atoms with Gasteiger partial charge in [0.25, 0.3) is 0 Å². The number of ether oxygens (including phenoxy) is 3. The molecule has 7 heteroatoms. The van der Waals surface area contributed by atoms with Crippen molar-refractivity contribution in [2.45, 2.75) is 58.8 Å². The molecule has 0 saturated carbocycles. The molecule has 0 aromatic carbocycles. The van der Waals surface area contributed by atoms with Crippen LogP contribution < -0.4 is 0 Å². The highest BCUT2D eigenvalue weighted by Gasteiger charge is 2.45. The molecule has 28 heavy (non-hydrogen) atoms. The zero-order valence-electron chi connectivity index (χ0n) is 16.6. The number of esters is 3. The molecule has 1 aliphatic heterocycles. The molecule has 1 aliphatic carbocycles. The first-order chi connectivity index (χ1) is 13.1. The number of carbonyl (C=O) groups excluding carboxylic acids is 3. The number of fused-ring (bicyclic) bond motifs is 1. The summed E-state index contributed by atoms with van der Waals surface area (Å²) in [7, 11) is 0. The van der Waals surface area contributed by atoms with Gasteiger partial charge in [0.05, 0.1) is 12.0 Å². The van der Waals surface area contributed by atoms with E-state index in [9.17, 15) is 19.5 Å². The molecule has 2 aliphatic rings. The fourth-order valence-corrected chi connectivity index (χ4v) is 3.26. The molecule has 1 fully saturated rings. The Balaban J connectivity index is 2.38. The maximum atomic E-state index is 12.5. The van der Waals surface area contributed by atoms with Gasteiger partial charge in [-0.3, -0.25) is 4.79 Å². The lowest BCUT2D eigenvalue weighted by Gasteiger charge is -2.28. The highest BCUT2D eigenvalue weighted by atomic mass is 16.6. The minimum Gasteiger partial charge on any atom is -0.455 e. The molecule has 0 aromatic rings. The topological polar surface area (TPSA) is 99.1 Å². The molecule has 0 aromatic heterocycles. The van der Waals surface area contributed by atoms with Gasteiger partial charge in [-0.25, -0.2) is 9.59 Å². The number of aliphatic hydroxyl groups is 1. The predicted octanol–water partition coefficient (Wildman–Crippen LogP) is 2.51. The van der Waals surface area contributed by atoms with Crippen LogP contribution in [0.2, 0.25) is 0 Å². The highest BCUT2D eigenvalue weighted by Crippen LogP contribution is 2.36. The van der Waals surface area contributed by atoms with Crippen molar-refractivity contribution in [3.63, 3.8) is 0 Å². The number of allylic oxidation sites excluding steroid dienone is 1. The standard InChI is InChI=1S/C21H26O7/c1-6-16(26-14(5)22)21(25)28-17-9-11(2)7-8-15(23)12(3)10-18-19(17)13(4)20(24)27-18/h6-7,10,15,17-19,23H,4,8-9H2,1-3,5H3/b11-7+,12-10+,16-6-/t15-,17-,18-,19-/m1/s1. The SMILES string of the molecule is C=C1C(=O)O[C@@H]2/C=C(\C)[C@H](O)C/C=C(\C)C[C@@H](OC(=O)/C(=C/C)OC(C)=O)[C@@H]12. The van der Waals surface area contributed by atoms with Gasteiger partial charge < -0.3 is 19.3 Å². The second-order valence-corrected chi connectivity index (χ2v) is 7.03. The number of aliphatic hydroxyl groups excluding tert-OH is 1. The molecule has 1 N–H and O–H groups in total. The molecule has 0 amide bonds. The monoisotopic (exact) mass is 390 g/mol. The predicted molar refractivity (Wildman–Crippen MR) is 101 cm³/mol. The molecule has 0 bridgehead atoms. The van der Waals surface area contributed by atoms with Crippen molar-refractivity contribution in [2.24, 2.45) is 5.92 Å². The second-order valence-electron chi connectivity index (χ2n) is 7.03. The van der Waals surface area contributed by atoms with Crippen molar-refractivity contribution in [2.75, 3.05) is 0 Å². The molecule has 2 rings (SSSR count). The van der Waals surface area contributed by atoms with Gasteiger partial charge in [0.15, 0.2) is 0 Å². The summed E-state index contributed by atoms with van der Waals surface area (Å²) in [6.45, 7) is 10.2. The summed E-state index contributed by atoms with van der Waals surface area (Å²) in [6.07, 6.45) is 3.44. The first kappa shape index (κ1) is 21.6. The fourth-order valence-electron chi connectivity index (χ4n) is 3.26. The molecule has 0 radical (unpaired) electrons. The highest BCUT2D eigenvalue weighted by molar-refractivity contribution is 5.92. The van der Waals surface area contributed by atoms with Crippen molar-refractivity contribution in [3.8, 4) is 0 Å². The lowest BCUT2D eigenvalue weighted by molar-refractivity contribution is -0.156. The summed E-state index contributed by atoms with van der Waals surface area (Å²) >= 11 is 0. The maximum Gasteiger partial charge on any atom is 0.374 e. The van der Waals surface area contributed by atoms with Gasteiger partial charge in [-0.15, -0.1) is 0 Å². The van der Waals surface area contributed by atoms with E-state index in [4.69, 9.17) is 14.2 Å². The van der Waals surface area contributed by atoms with Crippen LogP contribution in [0.4, 0.5) is 0 Å². The molecule has 4 atom stereocenters. The molecular formula is C21H26O7. The van der Waals surface area contributed by atoms with E-state index in [1.807, 2.05) is 13.0 Å². The van der Waals surface area contributed by atoms with E-state index in [0.717, 1.165) is 5.57 Å². The minimum atomic E-state index is -0.806. The maximum absolute atomic E-state index is 12.5. The van der Waals surface area contributed by atoms with E-state index in [2.05, 4.69) is 6.58 Å². The Morgan fingerprint density at radius 1 is 1.36 bits per heavy atom. The molecular weight excluding hydrogens is 364 g/mol. The molecule has 1 saturated heterocycles. The Kier molecular flexibility index (Phi) is 6.96. The third kappa shape index (κ3) is 4.98. The largest absolute Gasteiger partial charge is 0.455 e. The number of carbonyl (C=O) groups is 3. The Morgan fingerprint density at radius 2 is 2.04 bits per heavy atom. The summed E-state index contributed by atoms with van der Waals surface area (Å²) < 4.78 is 15.9. The van der Waals surface area contributed by atoms with Crippen LogP contribution in [0.3, 0.4) is 0 Å². The third-order valence-corrected chi connectivity index (χ3v) is 4.80. The molecule has 0 spiro atoms. The lowest BCUT2D eigenvalue weighted by atomic mass is 9.85. The summed E-state index contributed by atoms with van der Waals surface area (Å²) in [6, 6.07) is 0. The first-order valence-electron chi connectivity index (χ1n) is 9.11. The van der Waals surface area contributed by atoms with Crippen molar-refractivity contribution in [3.05, 3.63) is 47.3 Å². The minimum absolute atomic E-state index is 0.198. The van der Waals surface area contributed by atoms with Crippen LogP contribution in [-0.2, 0) is 28.6 Å². The van der Waals surface area contributed by atoms with Gasteiger partial charge in [0, 0.05) is 18.9 Å². The van der Waals surface area contributed by atoms with Crippen LogP contribution >= 0.6 is 0 Å². The molecule has 7 nitrogen and oxygen atoms in total. The number of rotatable bonds is 3. The van der Waals surface area contributed by atoms with E-state index in [1.165, 1.54) is 13.0 Å². The van der Waals surface area contributed by atoms with Gasteiger partial charge in [0.1, 0.15) is 12.2 Å². The normalized spacial score (nSPS) is 32.2. The van der Waals surface area contributed by atoms with Gasteiger partial charge in [-0.2, -0.15) is 0 Å². The third-order valence-electron chi connectivity index (χ3n) is 4.80. The Morgan fingerprint density at radius 3 is 2.64 bits per heavy atom. The quantitative estimate of drug-likeness (QED) is 0.260. The van der Waals surface area contributed by atoms with E-state index >= 15 is 0 Å². The molecule has 1 heterocycles. The summed E-state index contributed by atoms with van der Waals surface area (Å²) in [5, 5.41) is 10.3. The van der Waals surface area contributed by atoms with Crippen molar-refractivity contribution in [1.29, 1.82) is 0 Å². The summed E-state index contributed by atoms with van der Waals surface area (Å²) in [5.74, 6) is -2.85. The van der Waals surface area contributed by atoms with E-state index in [0.29, 0.717) is 18.4 Å². The number of hydrogen-bond acceptors (Lipinski definition) is 7. The average Bonchev–Trinajstić information content (AvgIpc) is 2.89. The summed E-state index contributed by atoms with van der Waals surface area (Å²) in [5.41, 5.74) is 1.73. The van der Waals surface area contributed by atoms with Crippen LogP contribution in [0.25, 0.3) is 0 Å². The first-order valence-corrected chi connectivity index (χ1v) is 9.11. The van der Waals surface area contributed by atoms with Crippen LogP contribution in [-0.4, -0.2) is 41.3 Å². The Labute approximate surface area is 164 Å². The van der Waals surface area contributed by atoms with Crippen molar-refractivity contribution < 1.29 is 33.7 Å². The smallest absolute Gasteiger partial charge is 0.374 e. The molecule has 152 valence electrons. The van der Waals surface area contributed by atoms with E-state index in [-0.39, 0.29) is 11.3 Å². The van der Waals surface area contributed by atoms with E-state index in [1.54, 1.807) is 19.9 Å². The van der Waals surface area contributed by atoms with Crippen LogP contribution in [0.5, 0.6) is 0 Å². The zero-order valence-corrected chi connectivity index (χ0v) is 16.6. The second kappa shape index (κ2) is 9.01. The van der Waals surface area contributed by atoms with Crippen LogP contribution in [0, 0.1) is 5.92 Å². The van der Waals surface area contributed by atoms with Gasteiger partial charge in [0.2, 0.25) is 5.76 Å². The fraction of sp³-hybridized carbons (Fsp3) is 0.476. The average molecular weight is 390 g/mol. The Bertz CT molecular complexity index is 772. The van der Waals surface area contributed by atoms with Crippen molar-refractivity contribution in [1.82, 2.24) is 0 Å². The van der Waals surface area contributed by atoms with Crippen molar-refractivity contribution >= 4 is 17.9 Å². The summed E-state index contributed by atoms with van der Waals surface area (Å²) in [4.78, 5) is 35.9. The number of hydrogen-bond donors (Lipinski definition) is 1. The van der Waals surface area contributed by atoms with Gasteiger partial charge in [-0.05, 0) is 44.9 Å². The van der Waals surface area contributed by atoms with Gasteiger partial charge in [-0.1, -0.05) is 18.2 Å². The zero-order chi connectivity index (χ0) is 21.0. The molecule has 0 unspecified atom stereocenters. The van der Waals surface area contributed by atoms with E-state index < -0.39 is 42.1 Å². The van der Waals surface area contributed by atoms with Crippen LogP contribution in [0.1, 0.15) is 40.5 Å². The lowest BCUT2D eigenvalue weighted by Crippen LogP contribution is -2.34. The van der Waals surface area contributed by atoms with Gasteiger partial charge >= 0.3 is 17.9 Å². The Hall–Kier alpha value is -2.67. The van der Waals surface area contributed by atoms with Crippen LogP contribution in [0.15, 0.2) is 47.3 Å².